The first kappa shape index (κ1) is 70.8. The van der Waals surface area contributed by atoms with Crippen LogP contribution in [0.15, 0.2) is 370 Å². The van der Waals surface area contributed by atoms with Crippen molar-refractivity contribution in [1.82, 2.24) is 29.9 Å². The molecule has 0 saturated carbocycles. The molecule has 120 heavy (non-hydrogen) atoms. The van der Waals surface area contributed by atoms with Crippen molar-refractivity contribution >= 4 is 192 Å². The highest BCUT2D eigenvalue weighted by Gasteiger charge is 2.20. The molecule has 0 radical (unpaired) electrons. The molecule has 0 bridgehead atoms. The molecule has 0 atom stereocenters. The Morgan fingerprint density at radius 2 is 0.425 bits per heavy atom. The molecular weight excluding hydrogens is 1510 g/mol. The van der Waals surface area contributed by atoms with Crippen LogP contribution in [-0.2, 0) is 0 Å². The third-order valence-corrected chi connectivity index (χ3v) is 27.5. The van der Waals surface area contributed by atoms with Gasteiger partial charge in [0.2, 0.25) is 0 Å². The Kier molecular flexibility index (Phi) is 17.1. The van der Waals surface area contributed by atoms with Gasteiger partial charge in [0.25, 0.3) is 0 Å². The molecule has 6 heterocycles. The minimum absolute atomic E-state index is 0.886. The van der Waals surface area contributed by atoms with E-state index in [9.17, 15) is 0 Å². The van der Waals surface area contributed by atoms with E-state index >= 15 is 0 Å². The van der Waals surface area contributed by atoms with Crippen LogP contribution in [0.5, 0.6) is 0 Å². The van der Waals surface area contributed by atoms with Crippen molar-refractivity contribution in [3.05, 3.63) is 387 Å². The van der Waals surface area contributed by atoms with Gasteiger partial charge in [-0.3, -0.25) is 9.97 Å². The number of nitrogens with zero attached hydrogens (tertiary/aromatic N) is 6. The second-order valence-corrected chi connectivity index (χ2v) is 34.5. The summed E-state index contributed by atoms with van der Waals surface area (Å²) in [7, 11) is 0. The van der Waals surface area contributed by atoms with Crippen LogP contribution in [0.1, 0.15) is 17.1 Å². The van der Waals surface area contributed by atoms with Gasteiger partial charge >= 0.3 is 0 Å². The smallest absolute Gasteiger partial charge is 0.0979 e. The van der Waals surface area contributed by atoms with E-state index in [-0.39, 0.29) is 0 Å². The number of hydrogen-bond acceptors (Lipinski definition) is 9. The number of aryl methyl sites for hydroxylation is 3. The summed E-state index contributed by atoms with van der Waals surface area (Å²) in [5.74, 6) is 0. The molecule has 0 N–H and O–H groups in total. The van der Waals surface area contributed by atoms with Gasteiger partial charge in [0.15, 0.2) is 0 Å². The Morgan fingerprint density at radius 1 is 0.167 bits per heavy atom. The molecule has 9 heteroatoms. The lowest BCUT2D eigenvalue weighted by atomic mass is 9.94. The zero-order chi connectivity index (χ0) is 79.6. The Balaban J connectivity index is 0.000000105. The lowest BCUT2D eigenvalue weighted by Gasteiger charge is -2.13. The second kappa shape index (κ2) is 28.9. The van der Waals surface area contributed by atoms with Crippen molar-refractivity contribution < 1.29 is 0 Å². The molecule has 0 spiro atoms. The van der Waals surface area contributed by atoms with Gasteiger partial charge in [0, 0.05) is 105 Å². The van der Waals surface area contributed by atoms with Crippen LogP contribution in [0.4, 0.5) is 0 Å². The summed E-state index contributed by atoms with van der Waals surface area (Å²) in [6.07, 6.45) is 3.76. The van der Waals surface area contributed by atoms with Gasteiger partial charge in [0.1, 0.15) is 0 Å². The van der Waals surface area contributed by atoms with E-state index in [4.69, 9.17) is 29.9 Å². The van der Waals surface area contributed by atoms with E-state index in [0.717, 1.165) is 93.8 Å². The molecule has 0 saturated heterocycles. The number of aromatic nitrogens is 6. The normalized spacial score (nSPS) is 11.8. The molecular formula is C111H70N6S3. The standard InChI is InChI=1S/C40H24N2S.C36H24N2S.C35H22N2S/c1-2-9-25(10-3-1)36-24-41-39-32-15-5-4-13-30(32)34-22-28(17-19-33(34)40(39)42-36)26-11-8-12-27(21-26)29-18-20-38-35(23-29)31-14-6-7-16-37(31)43-38;1-21-22(2)38-36-30-16-14-25(19-31(30)27-10-3-4-12-29(27)35(36)37-21)23-8-7-9-24(18-23)26-15-17-34-32(20-26)28-11-5-6-13-33(28)39-34;1-21-20-36-34-29-15-13-24(18-30(29)26-9-2-3-11-28(26)35(34)37-21)22-7-6-8-23(17-22)25-14-16-33-31(19-25)27-10-4-5-12-32(27)38-33/h1-24H;3-20H,1-2H3;2-20H,1H3. The molecule has 562 valence electrons. The molecule has 25 rings (SSSR count). The minimum atomic E-state index is 0.886. The fourth-order valence-corrected chi connectivity index (χ4v) is 21.2. The summed E-state index contributed by atoms with van der Waals surface area (Å²) in [5.41, 5.74) is 25.2. The Morgan fingerprint density at radius 3 is 0.808 bits per heavy atom. The average molecular weight is 1580 g/mol. The van der Waals surface area contributed by atoms with Gasteiger partial charge in [-0.1, -0.05) is 267 Å². The molecule has 0 unspecified atom stereocenters. The summed E-state index contributed by atoms with van der Waals surface area (Å²) < 4.78 is 8.00. The third kappa shape index (κ3) is 12.3. The molecule has 0 amide bonds. The largest absolute Gasteiger partial charge is 0.252 e. The molecule has 0 aliphatic heterocycles. The van der Waals surface area contributed by atoms with Crippen LogP contribution in [-0.4, -0.2) is 29.9 Å². The van der Waals surface area contributed by atoms with Crippen LogP contribution < -0.4 is 0 Å². The highest BCUT2D eigenvalue weighted by molar-refractivity contribution is 7.26. The fourth-order valence-electron chi connectivity index (χ4n) is 17.9. The van der Waals surface area contributed by atoms with E-state index in [1.54, 1.807) is 0 Å². The maximum Gasteiger partial charge on any atom is 0.0979 e. The molecule has 0 fully saturated rings. The maximum absolute atomic E-state index is 5.16. The number of fused-ring (bicyclic) bond motifs is 27. The van der Waals surface area contributed by atoms with E-state index in [1.807, 2.05) is 85.4 Å². The van der Waals surface area contributed by atoms with Gasteiger partial charge in [-0.05, 0) is 211 Å². The van der Waals surface area contributed by atoms with Gasteiger partial charge in [-0.25, -0.2) is 19.9 Å². The molecule has 0 aliphatic carbocycles. The lowest BCUT2D eigenvalue weighted by Crippen LogP contribution is -1.96. The van der Waals surface area contributed by atoms with Crippen molar-refractivity contribution in [1.29, 1.82) is 0 Å². The summed E-state index contributed by atoms with van der Waals surface area (Å²) in [5, 5.41) is 22.0. The molecule has 25 aromatic rings. The van der Waals surface area contributed by atoms with Crippen molar-refractivity contribution in [3.8, 4) is 78.0 Å². The third-order valence-electron chi connectivity index (χ3n) is 24.0. The SMILES string of the molecule is Cc1cnc2c3ccc(-c4cccc(-c5ccc6sc7ccccc7c6c5)c4)cc3c3ccccc3c2n1.Cc1nc2c3ccccc3c3cc(-c4cccc(-c5ccc6sc7ccccc7c6c5)c4)ccc3c2nc1C.c1ccc(-c2cnc3c4ccccc4c4cc(-c5cccc(-c6ccc7sc8ccccc8c7c6)c5)ccc4c3n2)cc1. The number of rotatable bonds is 7. The Hall–Kier alpha value is -14.6. The lowest BCUT2D eigenvalue weighted by molar-refractivity contribution is 1.11. The zero-order valence-electron chi connectivity index (χ0n) is 65.6. The number of hydrogen-bond donors (Lipinski definition) is 0. The van der Waals surface area contributed by atoms with Crippen LogP contribution in [0, 0.1) is 20.8 Å². The fraction of sp³-hybridized carbons (Fsp3) is 0.0270. The number of benzene rings is 19. The van der Waals surface area contributed by atoms with Crippen molar-refractivity contribution in [3.63, 3.8) is 0 Å². The second-order valence-electron chi connectivity index (χ2n) is 31.2. The number of thiophene rings is 3. The topological polar surface area (TPSA) is 77.3 Å². The first-order valence-electron chi connectivity index (χ1n) is 40.6. The van der Waals surface area contributed by atoms with E-state index < -0.39 is 0 Å². The van der Waals surface area contributed by atoms with Gasteiger partial charge in [-0.2, -0.15) is 0 Å². The van der Waals surface area contributed by atoms with E-state index in [1.165, 1.54) is 160 Å². The molecule has 19 aromatic carbocycles. The highest BCUT2D eigenvalue weighted by Crippen LogP contribution is 2.45. The Bertz CT molecular complexity index is 8530. The molecule has 6 aromatic heterocycles. The van der Waals surface area contributed by atoms with Crippen molar-refractivity contribution in [2.24, 2.45) is 0 Å². The van der Waals surface area contributed by atoms with Gasteiger partial charge in [-0.15, -0.1) is 34.0 Å². The minimum Gasteiger partial charge on any atom is -0.252 e. The summed E-state index contributed by atoms with van der Waals surface area (Å²) in [6.45, 7) is 6.08. The average Bonchev–Trinajstić information content (AvgIpc) is 1.07. The van der Waals surface area contributed by atoms with Crippen LogP contribution in [0.25, 0.3) is 236 Å². The van der Waals surface area contributed by atoms with Crippen LogP contribution in [0.3, 0.4) is 0 Å². The van der Waals surface area contributed by atoms with Gasteiger partial charge < -0.3 is 0 Å². The predicted molar refractivity (Wildman–Crippen MR) is 515 cm³/mol. The molecule has 6 nitrogen and oxygen atoms in total. The summed E-state index contributed by atoms with van der Waals surface area (Å²) >= 11 is 5.58. The molecule has 0 aliphatic rings. The zero-order valence-corrected chi connectivity index (χ0v) is 68.1. The quantitative estimate of drug-likeness (QED) is 0.148. The first-order chi connectivity index (χ1) is 59.2. The van der Waals surface area contributed by atoms with E-state index in [0.29, 0.717) is 0 Å². The summed E-state index contributed by atoms with van der Waals surface area (Å²) in [4.78, 5) is 29.7. The summed E-state index contributed by atoms with van der Waals surface area (Å²) in [6, 6.07) is 130. The monoisotopic (exact) mass is 1580 g/mol. The van der Waals surface area contributed by atoms with Crippen LogP contribution >= 0.6 is 34.0 Å². The van der Waals surface area contributed by atoms with Crippen LogP contribution in [0.2, 0.25) is 0 Å². The predicted octanol–water partition coefficient (Wildman–Crippen LogP) is 31.5. The highest BCUT2D eigenvalue weighted by atomic mass is 32.1. The first-order valence-corrected chi connectivity index (χ1v) is 43.0. The maximum atomic E-state index is 5.16. The van der Waals surface area contributed by atoms with Gasteiger partial charge in [0.05, 0.1) is 62.1 Å². The van der Waals surface area contributed by atoms with Crippen molar-refractivity contribution in [2.45, 2.75) is 20.8 Å². The van der Waals surface area contributed by atoms with E-state index in [2.05, 4.69) is 340 Å². The Labute approximate surface area is 703 Å². The van der Waals surface area contributed by atoms with Crippen molar-refractivity contribution in [2.75, 3.05) is 0 Å².